The van der Waals surface area contributed by atoms with Crippen molar-refractivity contribution in [2.24, 2.45) is 0 Å². The summed E-state index contributed by atoms with van der Waals surface area (Å²) < 4.78 is 9.63. The average Bonchev–Trinajstić information content (AvgIpc) is 3.01. The maximum Gasteiger partial charge on any atom is 0.411 e. The van der Waals surface area contributed by atoms with Crippen LogP contribution in [0.1, 0.15) is 10.6 Å². The quantitative estimate of drug-likeness (QED) is 0.782. The molecule has 1 aromatic carbocycles. The van der Waals surface area contributed by atoms with Gasteiger partial charge in [-0.2, -0.15) is 0 Å². The molecule has 7 nitrogen and oxygen atoms in total. The molecule has 0 saturated heterocycles. The van der Waals surface area contributed by atoms with Crippen molar-refractivity contribution >= 4 is 23.4 Å². The van der Waals surface area contributed by atoms with Gasteiger partial charge in [0.2, 0.25) is 0 Å². The standard InChI is InChI=1S/C14H14N2O5/c17-7-9-21-14(19)16-11-5-3-10(4-6-11)15-13(18)12-2-1-8-20-12/h1-6,8,17H,7,9H2,(H,15,18)(H,16,19). The molecule has 21 heavy (non-hydrogen) atoms. The van der Waals surface area contributed by atoms with Crippen molar-refractivity contribution in [3.8, 4) is 0 Å². The lowest BCUT2D eigenvalue weighted by atomic mass is 10.2. The second kappa shape index (κ2) is 7.11. The zero-order valence-electron chi connectivity index (χ0n) is 11.0. The number of rotatable bonds is 5. The summed E-state index contributed by atoms with van der Waals surface area (Å²) in [4.78, 5) is 23.0. The fourth-order valence-electron chi connectivity index (χ4n) is 1.53. The molecule has 0 bridgehead atoms. The highest BCUT2D eigenvalue weighted by Gasteiger charge is 2.08. The Balaban J connectivity index is 1.90. The Bertz CT molecular complexity index is 592. The van der Waals surface area contributed by atoms with Gasteiger partial charge in [-0.3, -0.25) is 10.1 Å². The Morgan fingerprint density at radius 3 is 2.33 bits per heavy atom. The van der Waals surface area contributed by atoms with Gasteiger partial charge >= 0.3 is 6.09 Å². The molecule has 2 rings (SSSR count). The van der Waals surface area contributed by atoms with Crippen LogP contribution in [0.25, 0.3) is 0 Å². The van der Waals surface area contributed by atoms with E-state index < -0.39 is 6.09 Å². The van der Waals surface area contributed by atoms with E-state index in [1.807, 2.05) is 0 Å². The molecule has 7 heteroatoms. The molecule has 0 aliphatic heterocycles. The van der Waals surface area contributed by atoms with Crippen LogP contribution in [0.4, 0.5) is 16.2 Å². The summed E-state index contributed by atoms with van der Waals surface area (Å²) >= 11 is 0. The predicted molar refractivity (Wildman–Crippen MR) is 75.2 cm³/mol. The Kier molecular flexibility index (Phi) is 4.94. The zero-order valence-corrected chi connectivity index (χ0v) is 11.0. The summed E-state index contributed by atoms with van der Waals surface area (Å²) in [6, 6.07) is 9.66. The van der Waals surface area contributed by atoms with Crippen LogP contribution in [0.3, 0.4) is 0 Å². The molecular formula is C14H14N2O5. The van der Waals surface area contributed by atoms with Gasteiger partial charge in [0.05, 0.1) is 12.9 Å². The van der Waals surface area contributed by atoms with Crippen LogP contribution < -0.4 is 10.6 Å². The number of ether oxygens (including phenoxy) is 1. The minimum absolute atomic E-state index is 0.0663. The van der Waals surface area contributed by atoms with E-state index in [2.05, 4.69) is 15.4 Å². The van der Waals surface area contributed by atoms with Crippen LogP contribution in [0, 0.1) is 0 Å². The van der Waals surface area contributed by atoms with E-state index in [4.69, 9.17) is 9.52 Å². The topological polar surface area (TPSA) is 101 Å². The third kappa shape index (κ3) is 4.36. The number of carbonyl (C=O) groups excluding carboxylic acids is 2. The summed E-state index contributed by atoms with van der Waals surface area (Å²) in [7, 11) is 0. The van der Waals surface area contributed by atoms with E-state index in [0.717, 1.165) is 0 Å². The minimum Gasteiger partial charge on any atom is -0.459 e. The minimum atomic E-state index is -0.656. The summed E-state index contributed by atoms with van der Waals surface area (Å²) in [5, 5.41) is 13.7. The number of aliphatic hydroxyl groups excluding tert-OH is 1. The van der Waals surface area contributed by atoms with Crippen molar-refractivity contribution in [1.29, 1.82) is 0 Å². The van der Waals surface area contributed by atoms with Crippen LogP contribution in [0.5, 0.6) is 0 Å². The van der Waals surface area contributed by atoms with E-state index >= 15 is 0 Å². The zero-order chi connectivity index (χ0) is 15.1. The third-order valence-electron chi connectivity index (χ3n) is 2.46. The van der Waals surface area contributed by atoms with Gasteiger partial charge in [-0.05, 0) is 36.4 Å². The van der Waals surface area contributed by atoms with E-state index in [-0.39, 0.29) is 24.9 Å². The van der Waals surface area contributed by atoms with E-state index in [0.29, 0.717) is 11.4 Å². The van der Waals surface area contributed by atoms with Crippen molar-refractivity contribution in [2.75, 3.05) is 23.8 Å². The second-order valence-corrected chi connectivity index (χ2v) is 3.99. The number of nitrogens with one attached hydrogen (secondary N) is 2. The van der Waals surface area contributed by atoms with Gasteiger partial charge in [0.15, 0.2) is 5.76 Å². The number of benzene rings is 1. The van der Waals surface area contributed by atoms with Crippen molar-refractivity contribution < 1.29 is 23.8 Å². The van der Waals surface area contributed by atoms with Crippen LogP contribution in [-0.4, -0.2) is 30.3 Å². The number of amides is 2. The molecule has 1 aromatic heterocycles. The second-order valence-electron chi connectivity index (χ2n) is 3.99. The van der Waals surface area contributed by atoms with Crippen molar-refractivity contribution in [1.82, 2.24) is 0 Å². The molecule has 3 N–H and O–H groups in total. The third-order valence-corrected chi connectivity index (χ3v) is 2.46. The van der Waals surface area contributed by atoms with Crippen LogP contribution in [-0.2, 0) is 4.74 Å². The van der Waals surface area contributed by atoms with Crippen molar-refractivity contribution in [3.63, 3.8) is 0 Å². The van der Waals surface area contributed by atoms with Crippen molar-refractivity contribution in [2.45, 2.75) is 0 Å². The number of furan rings is 1. The molecule has 0 spiro atoms. The largest absolute Gasteiger partial charge is 0.459 e. The fourth-order valence-corrected chi connectivity index (χ4v) is 1.53. The summed E-state index contributed by atoms with van der Waals surface area (Å²) in [6.07, 6.45) is 0.761. The predicted octanol–water partition coefficient (Wildman–Crippen LogP) is 2.07. The fraction of sp³-hybridized carbons (Fsp3) is 0.143. The van der Waals surface area contributed by atoms with E-state index in [9.17, 15) is 9.59 Å². The normalized spacial score (nSPS) is 9.95. The maximum absolute atomic E-state index is 11.7. The van der Waals surface area contributed by atoms with Gasteiger partial charge in [-0.25, -0.2) is 4.79 Å². The summed E-state index contributed by atoms with van der Waals surface area (Å²) in [5.74, 6) is -0.146. The maximum atomic E-state index is 11.7. The monoisotopic (exact) mass is 290 g/mol. The highest BCUT2D eigenvalue weighted by molar-refractivity contribution is 6.02. The van der Waals surface area contributed by atoms with Gasteiger partial charge in [-0.15, -0.1) is 0 Å². The van der Waals surface area contributed by atoms with Crippen LogP contribution in [0.2, 0.25) is 0 Å². The molecule has 0 saturated carbocycles. The molecule has 0 atom stereocenters. The first-order valence-corrected chi connectivity index (χ1v) is 6.18. The van der Waals surface area contributed by atoms with E-state index in [1.54, 1.807) is 36.4 Å². The average molecular weight is 290 g/mol. The summed E-state index contributed by atoms with van der Waals surface area (Å²) in [6.45, 7) is -0.297. The number of aliphatic hydroxyl groups is 1. The number of anilines is 2. The van der Waals surface area contributed by atoms with Crippen molar-refractivity contribution in [3.05, 3.63) is 48.4 Å². The smallest absolute Gasteiger partial charge is 0.411 e. The molecule has 0 fully saturated rings. The number of hydrogen-bond donors (Lipinski definition) is 3. The molecule has 0 aliphatic rings. The highest BCUT2D eigenvalue weighted by Crippen LogP contribution is 2.15. The first-order chi connectivity index (χ1) is 10.2. The van der Waals surface area contributed by atoms with Gasteiger partial charge in [-0.1, -0.05) is 0 Å². The SMILES string of the molecule is O=C(Nc1ccc(NC(=O)c2ccco2)cc1)OCCO. The number of hydrogen-bond acceptors (Lipinski definition) is 5. The Labute approximate surface area is 120 Å². The Hall–Kier alpha value is -2.80. The van der Waals surface area contributed by atoms with E-state index in [1.165, 1.54) is 6.26 Å². The molecule has 0 unspecified atom stereocenters. The molecule has 0 radical (unpaired) electrons. The molecule has 0 aliphatic carbocycles. The lowest BCUT2D eigenvalue weighted by Crippen LogP contribution is -2.16. The first-order valence-electron chi connectivity index (χ1n) is 6.18. The van der Waals surface area contributed by atoms with Crippen LogP contribution >= 0.6 is 0 Å². The molecular weight excluding hydrogens is 276 g/mol. The lowest BCUT2D eigenvalue weighted by Gasteiger charge is -2.07. The first kappa shape index (κ1) is 14.6. The van der Waals surface area contributed by atoms with Gasteiger partial charge in [0.25, 0.3) is 5.91 Å². The molecule has 2 amide bonds. The lowest BCUT2D eigenvalue weighted by molar-refractivity contribution is 0.0996. The molecule has 1 heterocycles. The van der Waals surface area contributed by atoms with Gasteiger partial charge in [0.1, 0.15) is 6.61 Å². The highest BCUT2D eigenvalue weighted by atomic mass is 16.6. The van der Waals surface area contributed by atoms with Gasteiger partial charge < -0.3 is 19.6 Å². The van der Waals surface area contributed by atoms with Gasteiger partial charge in [0, 0.05) is 11.4 Å². The number of carbonyl (C=O) groups is 2. The Morgan fingerprint density at radius 1 is 1.10 bits per heavy atom. The molecule has 2 aromatic rings. The molecule has 110 valence electrons. The summed E-state index contributed by atoms with van der Waals surface area (Å²) in [5.41, 5.74) is 1.07. The Morgan fingerprint density at radius 2 is 1.76 bits per heavy atom. The van der Waals surface area contributed by atoms with Crippen LogP contribution in [0.15, 0.2) is 47.1 Å².